The number of rotatable bonds is 18. The van der Waals surface area contributed by atoms with Gasteiger partial charge in [-0.05, 0) is 39.0 Å². The number of unbranched alkanes of at least 4 members (excludes halogenated alkanes) is 11. The first-order valence-corrected chi connectivity index (χ1v) is 10.8. The van der Waals surface area contributed by atoms with Gasteiger partial charge in [0.25, 0.3) is 0 Å². The molecule has 27 heavy (non-hydrogen) atoms. The van der Waals surface area contributed by atoms with Crippen molar-refractivity contribution in [1.29, 1.82) is 0 Å². The molecule has 0 saturated carbocycles. The van der Waals surface area contributed by atoms with E-state index < -0.39 is 18.1 Å². The third-order valence-electron chi connectivity index (χ3n) is 4.87. The zero-order valence-corrected chi connectivity index (χ0v) is 17.5. The van der Waals surface area contributed by atoms with Crippen molar-refractivity contribution in [3.05, 3.63) is 12.2 Å². The molecule has 1 atom stereocenters. The zero-order valence-electron chi connectivity index (χ0n) is 17.5. The molecular weight excluding hydrogens is 342 g/mol. The number of carboxylic acid groups (broad SMARTS) is 1. The Bertz CT molecular complexity index is 423. The van der Waals surface area contributed by atoms with Gasteiger partial charge in [-0.1, -0.05) is 70.4 Å². The summed E-state index contributed by atoms with van der Waals surface area (Å²) >= 11 is 0. The van der Waals surface area contributed by atoms with E-state index in [1.165, 1.54) is 58.3 Å². The minimum absolute atomic E-state index is 0.307. The Morgan fingerprint density at radius 3 is 1.81 bits per heavy atom. The van der Waals surface area contributed by atoms with Crippen LogP contribution in [-0.2, 0) is 9.59 Å². The third-order valence-corrected chi connectivity index (χ3v) is 4.87. The SMILES string of the molecule is CCCCCCCC/C=C/CCCCCCCC(=O)NC(C)(CO)C(=O)O. The van der Waals surface area contributed by atoms with E-state index in [0.717, 1.165) is 32.1 Å². The highest BCUT2D eigenvalue weighted by atomic mass is 16.4. The van der Waals surface area contributed by atoms with Crippen LogP contribution in [0.25, 0.3) is 0 Å². The van der Waals surface area contributed by atoms with E-state index in [9.17, 15) is 9.59 Å². The van der Waals surface area contributed by atoms with Gasteiger partial charge in [-0.3, -0.25) is 4.79 Å². The molecule has 0 aliphatic rings. The summed E-state index contributed by atoms with van der Waals surface area (Å²) in [5, 5.41) is 20.5. The summed E-state index contributed by atoms with van der Waals surface area (Å²) in [6.07, 6.45) is 20.5. The van der Waals surface area contributed by atoms with Crippen LogP contribution in [0, 0.1) is 0 Å². The number of nitrogens with one attached hydrogen (secondary N) is 1. The molecule has 0 heterocycles. The number of allylic oxidation sites excluding steroid dienone is 2. The molecule has 5 nitrogen and oxygen atoms in total. The largest absolute Gasteiger partial charge is 0.479 e. The first kappa shape index (κ1) is 25.6. The number of amides is 1. The normalized spacial score (nSPS) is 13.6. The molecule has 0 rings (SSSR count). The number of hydrogen-bond acceptors (Lipinski definition) is 3. The van der Waals surface area contributed by atoms with Gasteiger partial charge in [0.15, 0.2) is 5.54 Å². The van der Waals surface area contributed by atoms with E-state index in [0.29, 0.717) is 6.42 Å². The van der Waals surface area contributed by atoms with E-state index in [-0.39, 0.29) is 5.91 Å². The van der Waals surface area contributed by atoms with Crippen LogP contribution < -0.4 is 5.32 Å². The number of aliphatic hydroxyl groups excluding tert-OH is 1. The highest BCUT2D eigenvalue weighted by Gasteiger charge is 2.33. The Kier molecular flexibility index (Phi) is 15.9. The van der Waals surface area contributed by atoms with Gasteiger partial charge >= 0.3 is 5.97 Å². The molecule has 0 saturated heterocycles. The van der Waals surface area contributed by atoms with Crippen LogP contribution >= 0.6 is 0 Å². The fraction of sp³-hybridized carbons (Fsp3) is 0.818. The van der Waals surface area contributed by atoms with Crippen LogP contribution in [-0.4, -0.2) is 34.2 Å². The average molecular weight is 384 g/mol. The standard InChI is InChI=1S/C22H41NO4/c1-3-4-5-6-7-8-9-10-11-12-13-14-15-16-17-18-20(25)23-22(2,19-24)21(26)27/h10-11,24H,3-9,12-19H2,1-2H3,(H,23,25)(H,26,27)/b11-10+. The number of carbonyl (C=O) groups excluding carboxylic acids is 1. The summed E-state index contributed by atoms with van der Waals surface area (Å²) in [6, 6.07) is 0. The van der Waals surface area contributed by atoms with Crippen molar-refractivity contribution in [2.24, 2.45) is 0 Å². The summed E-state index contributed by atoms with van der Waals surface area (Å²) in [7, 11) is 0. The molecule has 0 bridgehead atoms. The Labute approximate surface area is 165 Å². The van der Waals surface area contributed by atoms with E-state index in [1.807, 2.05) is 0 Å². The van der Waals surface area contributed by atoms with Gasteiger partial charge in [0, 0.05) is 6.42 Å². The van der Waals surface area contributed by atoms with Crippen LogP contribution in [0.3, 0.4) is 0 Å². The maximum absolute atomic E-state index is 11.8. The van der Waals surface area contributed by atoms with Gasteiger partial charge in [0.1, 0.15) is 0 Å². The van der Waals surface area contributed by atoms with Gasteiger partial charge in [0.05, 0.1) is 6.61 Å². The minimum Gasteiger partial charge on any atom is -0.479 e. The number of hydrogen-bond donors (Lipinski definition) is 3. The van der Waals surface area contributed by atoms with Crippen molar-refractivity contribution in [2.75, 3.05) is 6.61 Å². The highest BCUT2D eigenvalue weighted by molar-refractivity contribution is 5.86. The van der Waals surface area contributed by atoms with Crippen molar-refractivity contribution in [3.63, 3.8) is 0 Å². The van der Waals surface area contributed by atoms with Crippen LogP contribution in [0.15, 0.2) is 12.2 Å². The van der Waals surface area contributed by atoms with Crippen molar-refractivity contribution in [3.8, 4) is 0 Å². The lowest BCUT2D eigenvalue weighted by Gasteiger charge is -2.23. The molecular formula is C22H41NO4. The van der Waals surface area contributed by atoms with Crippen LogP contribution in [0.4, 0.5) is 0 Å². The molecule has 0 aliphatic heterocycles. The highest BCUT2D eigenvalue weighted by Crippen LogP contribution is 2.10. The lowest BCUT2D eigenvalue weighted by atomic mass is 10.0. The minimum atomic E-state index is -1.58. The predicted octanol–water partition coefficient (Wildman–Crippen LogP) is 4.98. The topological polar surface area (TPSA) is 86.6 Å². The molecule has 0 radical (unpaired) electrons. The molecule has 0 aromatic heterocycles. The van der Waals surface area contributed by atoms with Gasteiger partial charge < -0.3 is 15.5 Å². The van der Waals surface area contributed by atoms with E-state index in [2.05, 4.69) is 24.4 Å². The Morgan fingerprint density at radius 2 is 1.33 bits per heavy atom. The summed E-state index contributed by atoms with van der Waals surface area (Å²) in [5.74, 6) is -1.53. The monoisotopic (exact) mass is 383 g/mol. The first-order chi connectivity index (χ1) is 13.0. The molecule has 0 spiro atoms. The van der Waals surface area contributed by atoms with Gasteiger partial charge in [0.2, 0.25) is 5.91 Å². The number of aliphatic hydroxyl groups is 1. The lowest BCUT2D eigenvalue weighted by molar-refractivity contribution is -0.148. The molecule has 0 aromatic carbocycles. The van der Waals surface area contributed by atoms with E-state index in [4.69, 9.17) is 10.2 Å². The molecule has 0 fully saturated rings. The smallest absolute Gasteiger partial charge is 0.331 e. The third kappa shape index (κ3) is 14.4. The van der Waals surface area contributed by atoms with Crippen molar-refractivity contribution in [2.45, 2.75) is 109 Å². The van der Waals surface area contributed by atoms with Crippen LogP contribution in [0.2, 0.25) is 0 Å². The molecule has 5 heteroatoms. The molecule has 1 unspecified atom stereocenters. The Hall–Kier alpha value is -1.36. The first-order valence-electron chi connectivity index (χ1n) is 10.8. The van der Waals surface area contributed by atoms with Crippen LogP contribution in [0.1, 0.15) is 104 Å². The summed E-state index contributed by atoms with van der Waals surface area (Å²) in [5.41, 5.74) is -1.58. The van der Waals surface area contributed by atoms with Crippen LogP contribution in [0.5, 0.6) is 0 Å². The zero-order chi connectivity index (χ0) is 20.4. The Morgan fingerprint density at radius 1 is 0.852 bits per heavy atom. The Balaban J connectivity index is 3.48. The molecule has 0 aliphatic carbocycles. The summed E-state index contributed by atoms with van der Waals surface area (Å²) < 4.78 is 0. The van der Waals surface area contributed by atoms with Crippen molar-refractivity contribution < 1.29 is 19.8 Å². The second-order valence-electron chi connectivity index (χ2n) is 7.68. The molecule has 1 amide bonds. The summed E-state index contributed by atoms with van der Waals surface area (Å²) in [6.45, 7) is 2.95. The average Bonchev–Trinajstić information content (AvgIpc) is 2.64. The fourth-order valence-electron chi connectivity index (χ4n) is 2.89. The molecule has 3 N–H and O–H groups in total. The van der Waals surface area contributed by atoms with Crippen molar-refractivity contribution >= 4 is 11.9 Å². The maximum Gasteiger partial charge on any atom is 0.331 e. The molecule has 158 valence electrons. The number of carboxylic acids is 1. The summed E-state index contributed by atoms with van der Waals surface area (Å²) in [4.78, 5) is 22.8. The van der Waals surface area contributed by atoms with E-state index in [1.54, 1.807) is 0 Å². The fourth-order valence-corrected chi connectivity index (χ4v) is 2.89. The van der Waals surface area contributed by atoms with Gasteiger partial charge in [-0.25, -0.2) is 4.79 Å². The lowest BCUT2D eigenvalue weighted by Crippen LogP contribution is -2.54. The van der Waals surface area contributed by atoms with Gasteiger partial charge in [-0.15, -0.1) is 0 Å². The van der Waals surface area contributed by atoms with Crippen molar-refractivity contribution in [1.82, 2.24) is 5.32 Å². The second kappa shape index (κ2) is 16.8. The second-order valence-corrected chi connectivity index (χ2v) is 7.68. The van der Waals surface area contributed by atoms with E-state index >= 15 is 0 Å². The van der Waals surface area contributed by atoms with Gasteiger partial charge in [-0.2, -0.15) is 0 Å². The number of aliphatic carboxylic acids is 1. The maximum atomic E-state index is 11.8. The molecule has 0 aromatic rings. The quantitative estimate of drug-likeness (QED) is 0.230. The number of carbonyl (C=O) groups is 2. The predicted molar refractivity (Wildman–Crippen MR) is 111 cm³/mol.